The number of carbonyl (C=O) groups is 1. The highest BCUT2D eigenvalue weighted by Crippen LogP contribution is 2.26. The molecule has 0 radical (unpaired) electrons. The molecule has 23 heavy (non-hydrogen) atoms. The van der Waals surface area contributed by atoms with Crippen LogP contribution in [0.2, 0.25) is 0 Å². The third-order valence-electron chi connectivity index (χ3n) is 3.53. The zero-order valence-electron chi connectivity index (χ0n) is 20.8. The number of pyridine rings is 1. The van der Waals surface area contributed by atoms with Crippen LogP contribution in [0.3, 0.4) is 0 Å². The molecule has 4 heteroatoms. The highest BCUT2D eigenvalue weighted by Gasteiger charge is 2.18. The van der Waals surface area contributed by atoms with Gasteiger partial charge in [-0.2, -0.15) is 0 Å². The van der Waals surface area contributed by atoms with Gasteiger partial charge in [-0.15, -0.1) is 0 Å². The molecule has 0 unspecified atom stereocenters. The molecule has 3 aromatic rings. The summed E-state index contributed by atoms with van der Waals surface area (Å²) in [5, 5.41) is 0. The van der Waals surface area contributed by atoms with E-state index in [2.05, 4.69) is 4.98 Å². The summed E-state index contributed by atoms with van der Waals surface area (Å²) < 4.78 is 63.5. The standard InChI is InChI=1S/C19H21N3O/c1-13-5-8-15(9-6-13)19-16(11-18(23)21(3)4)22-12-14(2)7-10-17(22)20-19/h5-10,12H,11H2,1-4H3/i1D3,2D3,10D,12D. The Hall–Kier alpha value is -2.62. The fraction of sp³-hybridized carbons (Fsp3) is 0.263. The molecule has 118 valence electrons. The van der Waals surface area contributed by atoms with Gasteiger partial charge >= 0.3 is 0 Å². The summed E-state index contributed by atoms with van der Waals surface area (Å²) in [7, 11) is 3.14. The van der Waals surface area contributed by atoms with Crippen LogP contribution in [0.25, 0.3) is 16.9 Å². The van der Waals surface area contributed by atoms with Crippen LogP contribution < -0.4 is 0 Å². The number of nitrogens with zero attached hydrogens (tertiary/aromatic N) is 3. The van der Waals surface area contributed by atoms with Gasteiger partial charge in [-0.25, -0.2) is 4.98 Å². The quantitative estimate of drug-likeness (QED) is 0.744. The number of hydrogen-bond acceptors (Lipinski definition) is 2. The van der Waals surface area contributed by atoms with Crippen LogP contribution in [0.4, 0.5) is 0 Å². The number of benzene rings is 1. The minimum absolute atomic E-state index is 0.0504. The van der Waals surface area contributed by atoms with Crippen molar-refractivity contribution in [1.82, 2.24) is 14.3 Å². The molecular formula is C19H21N3O. The number of amides is 1. The first-order valence-electron chi connectivity index (χ1n) is 11.0. The van der Waals surface area contributed by atoms with Crippen molar-refractivity contribution in [2.45, 2.75) is 20.1 Å². The number of fused-ring (bicyclic) bond motifs is 1. The predicted octanol–water partition coefficient (Wildman–Crippen LogP) is 3.25. The Morgan fingerprint density at radius 1 is 1.22 bits per heavy atom. The maximum Gasteiger partial charge on any atom is 0.228 e. The lowest BCUT2D eigenvalue weighted by molar-refractivity contribution is -0.128. The van der Waals surface area contributed by atoms with E-state index < -0.39 is 13.7 Å². The van der Waals surface area contributed by atoms with Crippen molar-refractivity contribution in [3.8, 4) is 11.3 Å². The van der Waals surface area contributed by atoms with Gasteiger partial charge in [0.25, 0.3) is 0 Å². The summed E-state index contributed by atoms with van der Waals surface area (Å²) in [6.07, 6.45) is -0.550. The van der Waals surface area contributed by atoms with E-state index in [0.717, 1.165) is 6.07 Å². The number of likely N-dealkylation sites (N-methyl/N-ethyl adjacent to an activating group) is 1. The van der Waals surface area contributed by atoms with Crippen LogP contribution in [-0.4, -0.2) is 34.3 Å². The first-order valence-corrected chi connectivity index (χ1v) is 7.05. The van der Waals surface area contributed by atoms with Crippen LogP contribution in [-0.2, 0) is 11.2 Å². The van der Waals surface area contributed by atoms with Crippen LogP contribution in [0, 0.1) is 13.7 Å². The van der Waals surface area contributed by atoms with Crippen molar-refractivity contribution in [1.29, 1.82) is 0 Å². The number of aromatic nitrogens is 2. The summed E-state index contributed by atoms with van der Waals surface area (Å²) in [5.74, 6) is -0.299. The third kappa shape index (κ3) is 2.97. The van der Waals surface area contributed by atoms with Crippen LogP contribution in [0.15, 0.2) is 42.5 Å². The molecule has 2 heterocycles. The molecule has 0 aliphatic carbocycles. The lowest BCUT2D eigenvalue weighted by Gasteiger charge is -2.11. The van der Waals surface area contributed by atoms with E-state index in [0.29, 0.717) is 5.56 Å². The molecule has 1 amide bonds. The average molecular weight is 315 g/mol. The first kappa shape index (κ1) is 8.29. The lowest BCUT2D eigenvalue weighted by atomic mass is 10.1. The summed E-state index contributed by atoms with van der Waals surface area (Å²) in [6, 6.07) is 6.86. The van der Waals surface area contributed by atoms with Crippen LogP contribution in [0.1, 0.15) is 27.8 Å². The number of rotatable bonds is 3. The highest BCUT2D eigenvalue weighted by atomic mass is 16.2. The smallest absolute Gasteiger partial charge is 0.228 e. The highest BCUT2D eigenvalue weighted by molar-refractivity contribution is 5.81. The largest absolute Gasteiger partial charge is 0.348 e. The Balaban J connectivity index is 2.32. The molecule has 0 saturated carbocycles. The second kappa shape index (κ2) is 5.88. The molecule has 2 aromatic heterocycles. The lowest BCUT2D eigenvalue weighted by Crippen LogP contribution is -2.24. The van der Waals surface area contributed by atoms with Crippen molar-refractivity contribution in [2.75, 3.05) is 14.1 Å². The van der Waals surface area contributed by atoms with Gasteiger partial charge in [0.1, 0.15) is 5.65 Å². The third-order valence-corrected chi connectivity index (χ3v) is 3.53. The molecule has 0 N–H and O–H groups in total. The summed E-state index contributed by atoms with van der Waals surface area (Å²) in [6.45, 7) is -4.89. The van der Waals surface area contributed by atoms with Crippen LogP contribution in [0.5, 0.6) is 0 Å². The van der Waals surface area contributed by atoms with E-state index >= 15 is 0 Å². The van der Waals surface area contributed by atoms with Crippen molar-refractivity contribution in [2.24, 2.45) is 0 Å². The van der Waals surface area contributed by atoms with Crippen molar-refractivity contribution in [3.05, 3.63) is 59.4 Å². The molecule has 0 bridgehead atoms. The monoisotopic (exact) mass is 315 g/mol. The van der Waals surface area contributed by atoms with E-state index in [1.165, 1.54) is 21.4 Å². The zero-order chi connectivity index (χ0) is 23.3. The van der Waals surface area contributed by atoms with Crippen molar-refractivity contribution >= 4 is 11.6 Å². The normalized spacial score (nSPS) is 17.1. The van der Waals surface area contributed by atoms with Gasteiger partial charge in [-0.3, -0.25) is 4.79 Å². The molecule has 3 rings (SSSR count). The molecule has 4 nitrogen and oxygen atoms in total. The second-order valence-corrected chi connectivity index (χ2v) is 5.42. The number of carbonyl (C=O) groups excluding carboxylic acids is 1. The predicted molar refractivity (Wildman–Crippen MR) is 92.5 cm³/mol. The SMILES string of the molecule is [2H]c1cc(C([2H])([2H])[2H])c([2H])n2c(CC(=O)N(C)C)c(-c3ccc(C([2H])([2H])[2H])cc3)nc12. The molecule has 0 aliphatic heterocycles. The van der Waals surface area contributed by atoms with Gasteiger partial charge in [-0.1, -0.05) is 35.9 Å². The Morgan fingerprint density at radius 2 is 1.96 bits per heavy atom. The minimum atomic E-state index is -2.62. The Morgan fingerprint density at radius 3 is 2.61 bits per heavy atom. The second-order valence-electron chi connectivity index (χ2n) is 5.42. The van der Waals surface area contributed by atoms with E-state index in [1.807, 2.05) is 0 Å². The molecule has 0 spiro atoms. The molecule has 1 aromatic carbocycles. The van der Waals surface area contributed by atoms with E-state index in [9.17, 15) is 4.79 Å². The molecule has 0 fully saturated rings. The fourth-order valence-corrected chi connectivity index (χ4v) is 2.28. The summed E-state index contributed by atoms with van der Waals surface area (Å²) >= 11 is 0. The topological polar surface area (TPSA) is 37.6 Å². The van der Waals surface area contributed by atoms with E-state index in [4.69, 9.17) is 11.0 Å². The van der Waals surface area contributed by atoms with Gasteiger partial charge in [0.2, 0.25) is 5.91 Å². The number of hydrogen-bond donors (Lipinski definition) is 0. The minimum Gasteiger partial charge on any atom is -0.348 e. The number of imidazole rings is 1. The number of aryl methyl sites for hydroxylation is 2. The van der Waals surface area contributed by atoms with Gasteiger partial charge in [0, 0.05) is 34.1 Å². The Labute approximate surface area is 147 Å². The Bertz CT molecular complexity index is 1140. The first-order chi connectivity index (χ1) is 14.2. The van der Waals surface area contributed by atoms with Gasteiger partial charge in [0.15, 0.2) is 0 Å². The van der Waals surface area contributed by atoms with Crippen molar-refractivity contribution in [3.63, 3.8) is 0 Å². The summed E-state index contributed by atoms with van der Waals surface area (Å²) in [5.41, 5.74) is 0.919. The maximum absolute atomic E-state index is 12.5. The fourth-order valence-electron chi connectivity index (χ4n) is 2.28. The van der Waals surface area contributed by atoms with Gasteiger partial charge in [-0.05, 0) is 25.3 Å². The van der Waals surface area contributed by atoms with Crippen molar-refractivity contribution < 1.29 is 15.8 Å². The van der Waals surface area contributed by atoms with E-state index in [1.54, 1.807) is 26.2 Å². The molecule has 0 aliphatic rings. The summed E-state index contributed by atoms with van der Waals surface area (Å²) in [4.78, 5) is 18.3. The molecular weight excluding hydrogens is 286 g/mol. The average Bonchev–Trinajstić information content (AvgIpc) is 3.03. The van der Waals surface area contributed by atoms with Gasteiger partial charge in [0.05, 0.1) is 20.6 Å². The Kier molecular flexibility index (Phi) is 2.12. The molecule has 0 saturated heterocycles. The molecule has 0 atom stereocenters. The van der Waals surface area contributed by atoms with Gasteiger partial charge < -0.3 is 9.30 Å². The van der Waals surface area contributed by atoms with E-state index in [-0.39, 0.29) is 52.7 Å². The zero-order valence-corrected chi connectivity index (χ0v) is 12.8. The maximum atomic E-state index is 12.5. The van der Waals surface area contributed by atoms with Crippen LogP contribution >= 0.6 is 0 Å².